The summed E-state index contributed by atoms with van der Waals surface area (Å²) in [6.07, 6.45) is 2.59. The summed E-state index contributed by atoms with van der Waals surface area (Å²) in [5.41, 5.74) is 0. The molecule has 1 unspecified atom stereocenters. The predicted molar refractivity (Wildman–Crippen MR) is 91.9 cm³/mol. The van der Waals surface area contributed by atoms with Crippen molar-refractivity contribution in [1.29, 1.82) is 0 Å². The lowest BCUT2D eigenvalue weighted by molar-refractivity contribution is -0.134. The van der Waals surface area contributed by atoms with Gasteiger partial charge in [0.25, 0.3) is 0 Å². The third kappa shape index (κ3) is 5.09. The van der Waals surface area contributed by atoms with Crippen LogP contribution >= 0.6 is 15.9 Å². The Kier molecular flexibility index (Phi) is 6.37. The van der Waals surface area contributed by atoms with Crippen molar-refractivity contribution >= 4 is 21.9 Å². The van der Waals surface area contributed by atoms with Gasteiger partial charge in [-0.05, 0) is 65.3 Å². The van der Waals surface area contributed by atoms with E-state index in [1.807, 2.05) is 0 Å². The minimum atomic E-state index is -0.459. The highest BCUT2D eigenvalue weighted by atomic mass is 79.9. The molecule has 2 rings (SSSR count). The molecule has 0 heterocycles. The maximum atomic E-state index is 13.9. The highest BCUT2D eigenvalue weighted by Crippen LogP contribution is 2.29. The van der Waals surface area contributed by atoms with Crippen LogP contribution in [0.3, 0.4) is 0 Å². The summed E-state index contributed by atoms with van der Waals surface area (Å²) in [5.74, 6) is 0.313. The maximum Gasteiger partial charge on any atom is 0.330 e. The van der Waals surface area contributed by atoms with Gasteiger partial charge < -0.3 is 14.2 Å². The Balaban J connectivity index is 1.99. The van der Waals surface area contributed by atoms with E-state index in [0.717, 1.165) is 0 Å². The summed E-state index contributed by atoms with van der Waals surface area (Å²) in [4.78, 5) is 11.0. The van der Waals surface area contributed by atoms with Gasteiger partial charge in [-0.15, -0.1) is 0 Å². The normalized spacial score (nSPS) is 12.0. The lowest BCUT2D eigenvalue weighted by Crippen LogP contribution is -2.09. The van der Waals surface area contributed by atoms with Crippen molar-refractivity contribution in [2.45, 2.75) is 13.0 Å². The van der Waals surface area contributed by atoms with E-state index >= 15 is 0 Å². The summed E-state index contributed by atoms with van der Waals surface area (Å²) in [7, 11) is 1.31. The van der Waals surface area contributed by atoms with Gasteiger partial charge in [0.15, 0.2) is 11.6 Å². The maximum absolute atomic E-state index is 13.9. The summed E-state index contributed by atoms with van der Waals surface area (Å²) in [6, 6.07) is 11.6. The zero-order valence-corrected chi connectivity index (χ0v) is 14.7. The average molecular weight is 395 g/mol. The van der Waals surface area contributed by atoms with Crippen molar-refractivity contribution in [3.8, 4) is 17.2 Å². The molecule has 1 atom stereocenters. The van der Waals surface area contributed by atoms with Gasteiger partial charge in [-0.3, -0.25) is 0 Å². The van der Waals surface area contributed by atoms with Crippen LogP contribution in [0.5, 0.6) is 17.2 Å². The van der Waals surface area contributed by atoms with Crippen LogP contribution in [0.1, 0.15) is 6.92 Å². The Morgan fingerprint density at radius 2 is 1.83 bits per heavy atom. The van der Waals surface area contributed by atoms with Crippen molar-refractivity contribution in [3.63, 3.8) is 0 Å². The van der Waals surface area contributed by atoms with Crippen molar-refractivity contribution in [1.82, 2.24) is 0 Å². The van der Waals surface area contributed by atoms with Crippen LogP contribution in [0, 0.1) is 5.82 Å². The van der Waals surface area contributed by atoms with E-state index in [1.165, 1.54) is 13.2 Å². The zero-order chi connectivity index (χ0) is 17.5. The molecule has 2 aromatic carbocycles. The molecule has 0 N–H and O–H groups in total. The minimum Gasteiger partial charge on any atom is -0.487 e. The molecule has 0 bridgehead atoms. The summed E-state index contributed by atoms with van der Waals surface area (Å²) in [5, 5.41) is 0. The number of hydrogen-bond acceptors (Lipinski definition) is 4. The van der Waals surface area contributed by atoms with Gasteiger partial charge in [0.2, 0.25) is 0 Å². The molecular formula is C18H16BrFO4. The Labute approximate surface area is 148 Å². The SMILES string of the molecule is COC(=O)C=CC(C)Oc1ccc(Oc2cccc(Br)c2F)cc1. The standard InChI is InChI=1S/C18H16BrFO4/c1-12(6-11-17(21)22-2)23-13-7-9-14(10-8-13)24-16-5-3-4-15(19)18(16)20/h3-12H,1-2H3. The molecule has 126 valence electrons. The van der Waals surface area contributed by atoms with Gasteiger partial charge in [-0.1, -0.05) is 6.07 Å². The summed E-state index contributed by atoms with van der Waals surface area (Å²) in [6.45, 7) is 1.79. The summed E-state index contributed by atoms with van der Waals surface area (Å²) < 4.78 is 29.9. The van der Waals surface area contributed by atoms with Crippen LogP contribution in [-0.2, 0) is 9.53 Å². The summed E-state index contributed by atoms with van der Waals surface area (Å²) >= 11 is 3.11. The van der Waals surface area contributed by atoms with Gasteiger partial charge in [0, 0.05) is 6.08 Å². The van der Waals surface area contributed by atoms with Crippen LogP contribution < -0.4 is 9.47 Å². The van der Waals surface area contributed by atoms with Crippen molar-refractivity contribution < 1.29 is 23.4 Å². The van der Waals surface area contributed by atoms with Gasteiger partial charge in [-0.25, -0.2) is 9.18 Å². The number of halogens is 2. The molecule has 0 radical (unpaired) electrons. The fraction of sp³-hybridized carbons (Fsp3) is 0.167. The van der Waals surface area contributed by atoms with Crippen molar-refractivity contribution in [3.05, 3.63) is 64.9 Å². The average Bonchev–Trinajstić information content (AvgIpc) is 2.58. The quantitative estimate of drug-likeness (QED) is 0.517. The molecule has 0 aliphatic carbocycles. The van der Waals surface area contributed by atoms with Gasteiger partial charge in [0.1, 0.15) is 17.6 Å². The van der Waals surface area contributed by atoms with Crippen molar-refractivity contribution in [2.75, 3.05) is 7.11 Å². The first-order valence-electron chi connectivity index (χ1n) is 7.14. The number of carbonyl (C=O) groups is 1. The van der Waals surface area contributed by atoms with E-state index in [0.29, 0.717) is 16.0 Å². The number of methoxy groups -OCH3 is 1. The van der Waals surface area contributed by atoms with Crippen LogP contribution in [0.15, 0.2) is 59.1 Å². The van der Waals surface area contributed by atoms with Crippen LogP contribution in [0.2, 0.25) is 0 Å². The number of ether oxygens (including phenoxy) is 3. The van der Waals surface area contributed by atoms with E-state index in [1.54, 1.807) is 55.5 Å². The van der Waals surface area contributed by atoms with Crippen LogP contribution in [-0.4, -0.2) is 19.2 Å². The predicted octanol–water partition coefficient (Wildman–Crippen LogP) is 4.88. The molecule has 0 saturated carbocycles. The molecule has 0 aliphatic heterocycles. The molecule has 0 fully saturated rings. The Morgan fingerprint density at radius 3 is 2.50 bits per heavy atom. The molecular weight excluding hydrogens is 379 g/mol. The van der Waals surface area contributed by atoms with Gasteiger partial charge >= 0.3 is 5.97 Å². The second-order valence-corrected chi connectivity index (χ2v) is 5.69. The first-order chi connectivity index (χ1) is 11.5. The largest absolute Gasteiger partial charge is 0.487 e. The second-order valence-electron chi connectivity index (χ2n) is 4.83. The lowest BCUT2D eigenvalue weighted by atomic mass is 10.3. The molecule has 0 saturated heterocycles. The molecule has 0 amide bonds. The lowest BCUT2D eigenvalue weighted by Gasteiger charge is -2.12. The van der Waals surface area contributed by atoms with Crippen LogP contribution in [0.25, 0.3) is 0 Å². The monoisotopic (exact) mass is 394 g/mol. The second kappa shape index (κ2) is 8.49. The Hall–Kier alpha value is -2.34. The molecule has 2 aromatic rings. The minimum absolute atomic E-state index is 0.132. The van der Waals surface area contributed by atoms with Crippen LogP contribution in [0.4, 0.5) is 4.39 Å². The Morgan fingerprint density at radius 1 is 1.17 bits per heavy atom. The number of carbonyl (C=O) groups excluding carboxylic acids is 1. The third-order valence-corrected chi connectivity index (χ3v) is 3.61. The van der Waals surface area contributed by atoms with E-state index in [-0.39, 0.29) is 11.9 Å². The fourth-order valence-corrected chi connectivity index (χ4v) is 2.16. The van der Waals surface area contributed by atoms with E-state index in [4.69, 9.17) is 9.47 Å². The first-order valence-corrected chi connectivity index (χ1v) is 7.93. The van der Waals surface area contributed by atoms with E-state index < -0.39 is 11.8 Å². The highest BCUT2D eigenvalue weighted by molar-refractivity contribution is 9.10. The molecule has 6 heteroatoms. The van der Waals surface area contributed by atoms with Crippen molar-refractivity contribution in [2.24, 2.45) is 0 Å². The highest BCUT2D eigenvalue weighted by Gasteiger charge is 2.08. The number of rotatable bonds is 6. The first kappa shape index (κ1) is 18.0. The number of hydrogen-bond donors (Lipinski definition) is 0. The number of esters is 1. The number of benzene rings is 2. The molecule has 0 spiro atoms. The molecule has 0 aliphatic rings. The van der Waals surface area contributed by atoms with Gasteiger partial charge in [0.05, 0.1) is 11.6 Å². The molecule has 24 heavy (non-hydrogen) atoms. The fourth-order valence-electron chi connectivity index (χ4n) is 1.81. The third-order valence-electron chi connectivity index (χ3n) is 2.99. The molecule has 4 nitrogen and oxygen atoms in total. The Bertz CT molecular complexity index is 728. The molecule has 0 aromatic heterocycles. The van der Waals surface area contributed by atoms with Gasteiger partial charge in [-0.2, -0.15) is 0 Å². The van der Waals surface area contributed by atoms with E-state index in [9.17, 15) is 9.18 Å². The topological polar surface area (TPSA) is 44.8 Å². The zero-order valence-electron chi connectivity index (χ0n) is 13.2. The smallest absolute Gasteiger partial charge is 0.330 e. The van der Waals surface area contributed by atoms with E-state index in [2.05, 4.69) is 20.7 Å².